The average molecular weight is 526 g/mol. The van der Waals surface area contributed by atoms with Crippen molar-refractivity contribution in [3.8, 4) is 0 Å². The van der Waals surface area contributed by atoms with E-state index in [1.54, 1.807) is 19.9 Å². The maximum atomic E-state index is 12.8. The number of aromatic nitrogens is 2. The van der Waals surface area contributed by atoms with Gasteiger partial charge in [-0.15, -0.1) is 23.1 Å². The molecule has 2 rings (SSSR count). The Labute approximate surface area is 211 Å². The molecule has 0 fully saturated rings. The number of esters is 2. The van der Waals surface area contributed by atoms with Gasteiger partial charge < -0.3 is 26.3 Å². The van der Waals surface area contributed by atoms with E-state index in [0.29, 0.717) is 21.9 Å². The number of anilines is 2. The van der Waals surface area contributed by atoms with Gasteiger partial charge in [0.25, 0.3) is 11.5 Å². The number of carbonyl (C=O) groups excluding carboxylic acids is 3. The Morgan fingerprint density at radius 1 is 1.23 bits per heavy atom. The summed E-state index contributed by atoms with van der Waals surface area (Å²) < 4.78 is 9.93. The molecule has 11 nitrogen and oxygen atoms in total. The molecule has 0 spiro atoms. The topological polar surface area (TPSA) is 179 Å². The van der Waals surface area contributed by atoms with Gasteiger partial charge in [0.2, 0.25) is 5.95 Å². The zero-order valence-electron chi connectivity index (χ0n) is 20.0. The zero-order valence-corrected chi connectivity index (χ0v) is 21.6. The van der Waals surface area contributed by atoms with E-state index in [9.17, 15) is 19.2 Å². The monoisotopic (exact) mass is 525 g/mol. The third-order valence-electron chi connectivity index (χ3n) is 4.78. The van der Waals surface area contributed by atoms with Gasteiger partial charge in [0, 0.05) is 11.3 Å². The molecule has 0 saturated heterocycles. The average Bonchev–Trinajstić information content (AvgIpc) is 3.16. The van der Waals surface area contributed by atoms with Gasteiger partial charge in [-0.2, -0.15) is 4.98 Å². The predicted molar refractivity (Wildman–Crippen MR) is 136 cm³/mol. The largest absolute Gasteiger partial charge is 0.466 e. The molecule has 0 aliphatic carbocycles. The molecule has 2 aromatic heterocycles. The number of nitrogen functional groups attached to an aromatic ring is 2. The highest BCUT2D eigenvalue weighted by atomic mass is 32.2. The Hall–Kier alpha value is -3.06. The molecule has 0 aromatic carbocycles. The normalized spacial score (nSPS) is 11.6. The molecule has 0 saturated carbocycles. The first-order chi connectivity index (χ1) is 16.7. The first-order valence-electron chi connectivity index (χ1n) is 11.2. The first-order valence-corrected chi connectivity index (χ1v) is 13.0. The van der Waals surface area contributed by atoms with Gasteiger partial charge in [-0.05, 0) is 57.4 Å². The highest BCUT2D eigenvalue weighted by molar-refractivity contribution is 7.99. The second kappa shape index (κ2) is 13.7. The molecule has 6 N–H and O–H groups in total. The number of hydrogen-bond donors (Lipinski definition) is 4. The number of thiophene rings is 1. The Bertz CT molecular complexity index is 1100. The van der Waals surface area contributed by atoms with E-state index in [1.165, 1.54) is 23.1 Å². The van der Waals surface area contributed by atoms with Crippen molar-refractivity contribution < 1.29 is 23.9 Å². The fraction of sp³-hybridized carbons (Fsp3) is 0.500. The molecule has 35 heavy (non-hydrogen) atoms. The number of nitrogens with one attached hydrogen (secondary N) is 2. The van der Waals surface area contributed by atoms with Crippen LogP contribution in [0.4, 0.5) is 11.8 Å². The summed E-state index contributed by atoms with van der Waals surface area (Å²) in [4.78, 5) is 56.8. The number of ether oxygens (including phenoxy) is 2. The van der Waals surface area contributed by atoms with E-state index in [2.05, 4.69) is 15.3 Å². The fourth-order valence-electron chi connectivity index (χ4n) is 3.14. The fourth-order valence-corrected chi connectivity index (χ4v) is 5.13. The van der Waals surface area contributed by atoms with Crippen LogP contribution in [0.15, 0.2) is 15.8 Å². The van der Waals surface area contributed by atoms with E-state index < -0.39 is 23.9 Å². The van der Waals surface area contributed by atoms with E-state index >= 15 is 0 Å². The molecule has 0 radical (unpaired) electrons. The van der Waals surface area contributed by atoms with E-state index in [1.807, 2.05) is 6.92 Å². The van der Waals surface area contributed by atoms with Crippen LogP contribution in [-0.2, 0) is 25.5 Å². The molecule has 2 aromatic rings. The van der Waals surface area contributed by atoms with Crippen molar-refractivity contribution in [1.82, 2.24) is 15.3 Å². The van der Waals surface area contributed by atoms with Crippen LogP contribution in [0.3, 0.4) is 0 Å². The lowest BCUT2D eigenvalue weighted by Gasteiger charge is -2.16. The molecule has 1 amide bonds. The van der Waals surface area contributed by atoms with Crippen LogP contribution in [0.2, 0.25) is 0 Å². The lowest BCUT2D eigenvalue weighted by molar-refractivity contribution is -0.146. The summed E-state index contributed by atoms with van der Waals surface area (Å²) in [5, 5.41) is 2.68. The summed E-state index contributed by atoms with van der Waals surface area (Å²) in [7, 11) is 0. The minimum atomic E-state index is -0.953. The maximum absolute atomic E-state index is 12.8. The number of thioether (sulfide) groups is 1. The van der Waals surface area contributed by atoms with Gasteiger partial charge in [0.1, 0.15) is 16.8 Å². The van der Waals surface area contributed by atoms with E-state index in [-0.39, 0.29) is 43.4 Å². The second-order valence-electron chi connectivity index (χ2n) is 7.46. The van der Waals surface area contributed by atoms with Crippen LogP contribution in [0.25, 0.3) is 0 Å². The van der Waals surface area contributed by atoms with Crippen LogP contribution in [0, 0.1) is 6.92 Å². The number of hydrogen-bond acceptors (Lipinski definition) is 11. The number of carbonyl (C=O) groups is 3. The lowest BCUT2D eigenvalue weighted by atomic mass is 10.1. The highest BCUT2D eigenvalue weighted by Gasteiger charge is 2.25. The minimum absolute atomic E-state index is 0.0130. The van der Waals surface area contributed by atoms with Crippen molar-refractivity contribution in [1.29, 1.82) is 0 Å². The summed E-state index contributed by atoms with van der Waals surface area (Å²) in [5.41, 5.74) is 11.8. The molecule has 13 heteroatoms. The van der Waals surface area contributed by atoms with Crippen LogP contribution in [0.5, 0.6) is 0 Å². The zero-order chi connectivity index (χ0) is 26.0. The molecule has 2 heterocycles. The number of aryl methyl sites for hydroxylation is 2. The molecule has 0 aliphatic heterocycles. The standard InChI is InChI=1S/C22H31N5O6S2/c1-4-32-16(28)9-8-13(21(31)33-5-2)25-19(29)15-11-12(3)14(35-15)7-6-10-34-17-18(23)26-22(24)27-20(17)30/h11,13H,4-10H2,1-3H3,(H,25,29)(H5,23,24,26,27,30)/t13-/m0/s1. The summed E-state index contributed by atoms with van der Waals surface area (Å²) in [6, 6.07) is 0.814. The second-order valence-corrected chi connectivity index (χ2v) is 9.70. The number of nitrogens with two attached hydrogens (primary N) is 2. The van der Waals surface area contributed by atoms with Crippen molar-refractivity contribution in [2.24, 2.45) is 0 Å². The van der Waals surface area contributed by atoms with Crippen molar-refractivity contribution in [2.45, 2.75) is 57.4 Å². The number of aromatic amines is 1. The summed E-state index contributed by atoms with van der Waals surface area (Å²) in [5.74, 6) is -0.752. The Morgan fingerprint density at radius 2 is 1.94 bits per heavy atom. The molecule has 0 bridgehead atoms. The predicted octanol–water partition coefficient (Wildman–Crippen LogP) is 2.03. The van der Waals surface area contributed by atoms with Crippen molar-refractivity contribution in [2.75, 3.05) is 30.4 Å². The van der Waals surface area contributed by atoms with Gasteiger partial charge in [-0.25, -0.2) is 4.79 Å². The van der Waals surface area contributed by atoms with Crippen LogP contribution < -0.4 is 22.3 Å². The van der Waals surface area contributed by atoms with Gasteiger partial charge in [-0.3, -0.25) is 19.4 Å². The lowest BCUT2D eigenvalue weighted by Crippen LogP contribution is -2.42. The summed E-state index contributed by atoms with van der Waals surface area (Å²) >= 11 is 2.63. The molecule has 0 aliphatic rings. The van der Waals surface area contributed by atoms with Crippen LogP contribution in [0.1, 0.15) is 53.2 Å². The van der Waals surface area contributed by atoms with Crippen molar-refractivity contribution in [3.63, 3.8) is 0 Å². The molecular formula is C22H31N5O6S2. The smallest absolute Gasteiger partial charge is 0.328 e. The van der Waals surface area contributed by atoms with Gasteiger partial charge in [0.05, 0.1) is 18.1 Å². The first kappa shape index (κ1) is 28.2. The van der Waals surface area contributed by atoms with Crippen LogP contribution in [-0.4, -0.2) is 52.8 Å². The Kier molecular flexibility index (Phi) is 11.1. The maximum Gasteiger partial charge on any atom is 0.328 e. The Morgan fingerprint density at radius 3 is 2.60 bits per heavy atom. The van der Waals surface area contributed by atoms with Crippen LogP contribution >= 0.6 is 23.1 Å². The van der Waals surface area contributed by atoms with Gasteiger partial charge in [-0.1, -0.05) is 0 Å². The number of nitrogens with zero attached hydrogens (tertiary/aromatic N) is 1. The van der Waals surface area contributed by atoms with Crippen molar-refractivity contribution in [3.05, 3.63) is 31.7 Å². The third-order valence-corrected chi connectivity index (χ3v) is 7.25. The SMILES string of the molecule is CCOC(=O)CC[C@H](NC(=O)c1cc(C)c(CCCSc2c(N)nc(N)[nH]c2=O)s1)C(=O)OCC. The molecular weight excluding hydrogens is 494 g/mol. The molecule has 0 unspecified atom stereocenters. The van der Waals surface area contributed by atoms with Gasteiger partial charge >= 0.3 is 11.9 Å². The van der Waals surface area contributed by atoms with E-state index in [0.717, 1.165) is 16.9 Å². The minimum Gasteiger partial charge on any atom is -0.466 e. The number of H-pyrrole nitrogens is 1. The van der Waals surface area contributed by atoms with Gasteiger partial charge in [0.15, 0.2) is 0 Å². The summed E-state index contributed by atoms with van der Waals surface area (Å²) in [6.45, 7) is 5.68. The van der Waals surface area contributed by atoms with Crippen molar-refractivity contribution >= 4 is 52.7 Å². The highest BCUT2D eigenvalue weighted by Crippen LogP contribution is 2.26. The van der Waals surface area contributed by atoms with E-state index in [4.69, 9.17) is 20.9 Å². The Balaban J connectivity index is 1.96. The molecule has 192 valence electrons. The molecule has 1 atom stereocenters. The number of rotatable bonds is 13. The third kappa shape index (κ3) is 8.58. The summed E-state index contributed by atoms with van der Waals surface area (Å²) in [6.07, 6.45) is 1.50. The number of amides is 1. The quantitative estimate of drug-likeness (QED) is 0.172.